The predicted octanol–water partition coefficient (Wildman–Crippen LogP) is 4.50. The van der Waals surface area contributed by atoms with Crippen LogP contribution in [-0.2, 0) is 11.0 Å². The molecular weight excluding hydrogens is 515 g/mol. The van der Waals surface area contributed by atoms with Crippen molar-refractivity contribution in [3.05, 3.63) is 71.2 Å². The largest absolute Gasteiger partial charge is 0.490 e. The summed E-state index contributed by atoms with van der Waals surface area (Å²) in [7, 11) is 0. The lowest BCUT2D eigenvalue weighted by Crippen LogP contribution is -2.39. The minimum absolute atomic E-state index is 0.0855. The quantitative estimate of drug-likeness (QED) is 0.341. The van der Waals surface area contributed by atoms with E-state index < -0.39 is 17.6 Å². The maximum Gasteiger partial charge on any atom is 0.251 e. The zero-order valence-electron chi connectivity index (χ0n) is 23.2. The first-order valence-corrected chi connectivity index (χ1v) is 13.5. The van der Waals surface area contributed by atoms with Crippen LogP contribution >= 0.6 is 0 Å². The number of carbonyl (C=O) groups is 1. The van der Waals surface area contributed by atoms with Crippen molar-refractivity contribution >= 4 is 5.91 Å². The monoisotopic (exact) mass is 550 g/mol. The van der Waals surface area contributed by atoms with E-state index >= 15 is 0 Å². The molecule has 0 bridgehead atoms. The Bertz CT molecular complexity index is 1400. The first-order chi connectivity index (χ1) is 18.9. The van der Waals surface area contributed by atoms with E-state index in [1.807, 2.05) is 19.9 Å². The van der Waals surface area contributed by atoms with Gasteiger partial charge in [0.25, 0.3) is 5.91 Å². The molecule has 9 heteroatoms. The summed E-state index contributed by atoms with van der Waals surface area (Å²) in [5.41, 5.74) is 0.932. The number of aliphatic hydroxyl groups excluding tert-OH is 1. The molecule has 3 aromatic rings. The third-order valence-electron chi connectivity index (χ3n) is 7.05. The van der Waals surface area contributed by atoms with Crippen molar-refractivity contribution in [1.82, 2.24) is 10.3 Å². The third kappa shape index (κ3) is 6.05. The fourth-order valence-electron chi connectivity index (χ4n) is 4.47. The molecule has 2 atom stereocenters. The number of nitrogens with one attached hydrogen (secondary N) is 1. The van der Waals surface area contributed by atoms with E-state index in [0.29, 0.717) is 46.4 Å². The van der Waals surface area contributed by atoms with Crippen molar-refractivity contribution in [3.8, 4) is 28.5 Å². The third-order valence-corrected chi connectivity index (χ3v) is 7.05. The summed E-state index contributed by atoms with van der Waals surface area (Å²) in [5, 5.41) is 23.9. The van der Waals surface area contributed by atoms with Crippen molar-refractivity contribution in [2.45, 2.75) is 63.8 Å². The second-order valence-electron chi connectivity index (χ2n) is 11.5. The number of aliphatic hydroxyl groups is 2. The molecule has 2 aliphatic rings. The van der Waals surface area contributed by atoms with Gasteiger partial charge in [0, 0.05) is 22.1 Å². The molecule has 5 rings (SSSR count). The summed E-state index contributed by atoms with van der Waals surface area (Å²) in [6.07, 6.45) is 1.31. The molecule has 1 fully saturated rings. The molecule has 1 aromatic heterocycles. The summed E-state index contributed by atoms with van der Waals surface area (Å²) in [4.78, 5) is 17.9. The first-order valence-electron chi connectivity index (χ1n) is 13.5. The van der Waals surface area contributed by atoms with Crippen LogP contribution in [-0.4, -0.2) is 53.1 Å². The molecular formula is C31H35FN2O6. The Morgan fingerprint density at radius 3 is 2.60 bits per heavy atom. The predicted molar refractivity (Wildman–Crippen MR) is 147 cm³/mol. The zero-order chi connectivity index (χ0) is 28.7. The summed E-state index contributed by atoms with van der Waals surface area (Å²) < 4.78 is 31.2. The Balaban J connectivity index is 1.38. The van der Waals surface area contributed by atoms with Gasteiger partial charge in [0.15, 0.2) is 11.5 Å². The highest BCUT2D eigenvalue weighted by atomic mass is 19.1. The average Bonchev–Trinajstić information content (AvgIpc) is 3.68. The molecule has 0 radical (unpaired) electrons. The Hall–Kier alpha value is -3.69. The number of halogens is 1. The smallest absolute Gasteiger partial charge is 0.251 e. The van der Waals surface area contributed by atoms with Gasteiger partial charge in [-0.3, -0.25) is 4.79 Å². The SMILES string of the molecule is C[C@@H](O)COc1ccc(C(=O)NC[C@](C)(O)c2cc3c(c(-c4ccc(F)cc4)n2)OCC3(C)C)cc1OC1CC1. The van der Waals surface area contributed by atoms with Gasteiger partial charge in [0.2, 0.25) is 0 Å². The van der Waals surface area contributed by atoms with E-state index in [2.05, 4.69) is 5.32 Å². The van der Waals surface area contributed by atoms with Crippen LogP contribution in [0.15, 0.2) is 48.5 Å². The molecule has 1 aliphatic heterocycles. The van der Waals surface area contributed by atoms with E-state index in [1.165, 1.54) is 12.1 Å². The molecule has 8 nitrogen and oxygen atoms in total. The van der Waals surface area contributed by atoms with E-state index in [-0.39, 0.29) is 30.5 Å². The van der Waals surface area contributed by atoms with Crippen LogP contribution in [0.3, 0.4) is 0 Å². The Morgan fingerprint density at radius 2 is 1.93 bits per heavy atom. The van der Waals surface area contributed by atoms with Gasteiger partial charge in [-0.1, -0.05) is 13.8 Å². The number of carbonyl (C=O) groups excluding carboxylic acids is 1. The highest BCUT2D eigenvalue weighted by Gasteiger charge is 2.38. The van der Waals surface area contributed by atoms with Gasteiger partial charge in [-0.05, 0) is 75.2 Å². The molecule has 212 valence electrons. The normalized spacial score (nSPS) is 17.8. The van der Waals surface area contributed by atoms with Crippen molar-refractivity contribution in [2.24, 2.45) is 0 Å². The first kappa shape index (κ1) is 27.9. The van der Waals surface area contributed by atoms with Gasteiger partial charge in [-0.25, -0.2) is 9.37 Å². The molecule has 2 heterocycles. The number of benzene rings is 2. The topological polar surface area (TPSA) is 110 Å². The summed E-state index contributed by atoms with van der Waals surface area (Å²) in [6.45, 7) is 7.75. The molecule has 3 N–H and O–H groups in total. The van der Waals surface area contributed by atoms with Crippen LogP contribution in [0.4, 0.5) is 4.39 Å². The number of rotatable bonds is 10. The number of ether oxygens (including phenoxy) is 3. The minimum atomic E-state index is -1.52. The highest BCUT2D eigenvalue weighted by Crippen LogP contribution is 2.45. The number of aromatic nitrogens is 1. The van der Waals surface area contributed by atoms with Crippen molar-refractivity contribution < 1.29 is 33.6 Å². The molecule has 40 heavy (non-hydrogen) atoms. The number of pyridine rings is 1. The molecule has 1 aliphatic carbocycles. The lowest BCUT2D eigenvalue weighted by Gasteiger charge is -2.26. The fraction of sp³-hybridized carbons (Fsp3) is 0.419. The molecule has 1 saturated carbocycles. The molecule has 2 aromatic carbocycles. The standard InChI is InChI=1S/C31H35FN2O6/c1-18(35)15-38-24-12-7-20(13-25(24)40-22-10-11-22)29(36)33-16-31(4,37)26-14-23-28(39-17-30(23,2)3)27(34-26)19-5-8-21(32)9-6-19/h5-9,12-14,18,22,35,37H,10-11,15-17H2,1-4H3,(H,33,36)/t18-,31+/m1/s1. The van der Waals surface area contributed by atoms with Gasteiger partial charge < -0.3 is 29.7 Å². The van der Waals surface area contributed by atoms with Crippen molar-refractivity contribution in [2.75, 3.05) is 19.8 Å². The summed E-state index contributed by atoms with van der Waals surface area (Å²) >= 11 is 0. The Morgan fingerprint density at radius 1 is 1.20 bits per heavy atom. The van der Waals surface area contributed by atoms with E-state index in [0.717, 1.165) is 18.4 Å². The van der Waals surface area contributed by atoms with Gasteiger partial charge in [0.05, 0.1) is 31.1 Å². The average molecular weight is 551 g/mol. The zero-order valence-corrected chi connectivity index (χ0v) is 23.2. The fourth-order valence-corrected chi connectivity index (χ4v) is 4.47. The van der Waals surface area contributed by atoms with Crippen LogP contribution < -0.4 is 19.5 Å². The van der Waals surface area contributed by atoms with Crippen LogP contribution in [0, 0.1) is 5.82 Å². The second kappa shape index (κ2) is 10.7. The van der Waals surface area contributed by atoms with Gasteiger partial charge >= 0.3 is 0 Å². The van der Waals surface area contributed by atoms with Crippen molar-refractivity contribution in [1.29, 1.82) is 0 Å². The van der Waals surface area contributed by atoms with Gasteiger partial charge in [-0.15, -0.1) is 0 Å². The number of hydrogen-bond donors (Lipinski definition) is 3. The van der Waals surface area contributed by atoms with Crippen LogP contribution in [0.25, 0.3) is 11.3 Å². The maximum atomic E-state index is 13.6. The summed E-state index contributed by atoms with van der Waals surface area (Å²) in [5.74, 6) is 0.750. The lowest BCUT2D eigenvalue weighted by molar-refractivity contribution is 0.0489. The van der Waals surface area contributed by atoms with Crippen LogP contribution in [0.1, 0.15) is 62.2 Å². The number of hydrogen-bond acceptors (Lipinski definition) is 7. The highest BCUT2D eigenvalue weighted by molar-refractivity contribution is 5.95. The number of fused-ring (bicyclic) bond motifs is 1. The maximum absolute atomic E-state index is 13.6. The van der Waals surface area contributed by atoms with E-state index in [4.69, 9.17) is 19.2 Å². The minimum Gasteiger partial charge on any atom is -0.490 e. The molecule has 0 spiro atoms. The second-order valence-corrected chi connectivity index (χ2v) is 11.5. The molecule has 0 saturated heterocycles. The van der Waals surface area contributed by atoms with Crippen molar-refractivity contribution in [3.63, 3.8) is 0 Å². The van der Waals surface area contributed by atoms with Crippen LogP contribution in [0.2, 0.25) is 0 Å². The Labute approximate surface area is 233 Å². The van der Waals surface area contributed by atoms with E-state index in [1.54, 1.807) is 44.2 Å². The molecule has 0 unspecified atom stereocenters. The van der Waals surface area contributed by atoms with E-state index in [9.17, 15) is 19.4 Å². The van der Waals surface area contributed by atoms with Gasteiger partial charge in [0.1, 0.15) is 29.5 Å². The number of amides is 1. The number of nitrogens with zero attached hydrogens (tertiary/aromatic N) is 1. The molecule has 1 amide bonds. The summed E-state index contributed by atoms with van der Waals surface area (Å²) in [6, 6.07) is 12.7. The van der Waals surface area contributed by atoms with Gasteiger partial charge in [-0.2, -0.15) is 0 Å². The lowest BCUT2D eigenvalue weighted by atomic mass is 9.84. The van der Waals surface area contributed by atoms with Crippen LogP contribution in [0.5, 0.6) is 17.2 Å². The Kier molecular flexibility index (Phi) is 7.46.